The van der Waals surface area contributed by atoms with Gasteiger partial charge in [-0.2, -0.15) is 18.3 Å². The summed E-state index contributed by atoms with van der Waals surface area (Å²) in [6, 6.07) is 6.18. The van der Waals surface area contributed by atoms with Crippen LogP contribution in [-0.4, -0.2) is 15.7 Å². The van der Waals surface area contributed by atoms with Crippen molar-refractivity contribution in [1.29, 1.82) is 0 Å². The second kappa shape index (κ2) is 7.61. The van der Waals surface area contributed by atoms with Crippen LogP contribution in [0.4, 0.5) is 32.0 Å². The minimum Gasteiger partial charge on any atom is -0.325 e. The van der Waals surface area contributed by atoms with Crippen LogP contribution in [0.3, 0.4) is 0 Å². The summed E-state index contributed by atoms with van der Waals surface area (Å²) in [5.41, 5.74) is -1.34. The first-order valence-electron chi connectivity index (χ1n) is 8.19. The zero-order valence-corrected chi connectivity index (χ0v) is 14.8. The highest BCUT2D eigenvalue weighted by atomic mass is 19.4. The zero-order chi connectivity index (χ0) is 21.3. The molecule has 0 saturated carbocycles. The van der Waals surface area contributed by atoms with Gasteiger partial charge in [0.2, 0.25) is 5.91 Å². The Kier molecular flexibility index (Phi) is 5.36. The summed E-state index contributed by atoms with van der Waals surface area (Å²) in [4.78, 5) is 12.3. The number of anilines is 1. The first-order chi connectivity index (χ1) is 13.5. The Bertz CT molecular complexity index is 1070. The normalized spacial score (nSPS) is 11.6. The molecule has 1 amide bonds. The monoisotopic (exact) mass is 413 g/mol. The van der Waals surface area contributed by atoms with Crippen molar-refractivity contribution in [2.45, 2.75) is 12.6 Å². The van der Waals surface area contributed by atoms with Crippen LogP contribution in [0, 0.1) is 17.5 Å². The minimum atomic E-state index is -4.74. The van der Waals surface area contributed by atoms with Crippen molar-refractivity contribution in [3.63, 3.8) is 0 Å². The summed E-state index contributed by atoms with van der Waals surface area (Å²) in [5.74, 6) is -3.83. The fraction of sp³-hybridized carbons (Fsp3) is 0.158. The van der Waals surface area contributed by atoms with E-state index in [9.17, 15) is 31.1 Å². The third-order valence-corrected chi connectivity index (χ3v) is 4.01. The number of aromatic nitrogens is 2. The Morgan fingerprint density at radius 1 is 1.07 bits per heavy atom. The number of rotatable bonds is 4. The number of nitrogens with zero attached hydrogens (tertiary/aromatic N) is 2. The topological polar surface area (TPSA) is 46.9 Å². The van der Waals surface area contributed by atoms with E-state index in [0.717, 1.165) is 35.1 Å². The number of benzene rings is 2. The third-order valence-electron chi connectivity index (χ3n) is 4.01. The van der Waals surface area contributed by atoms with Crippen LogP contribution in [0.15, 0.2) is 42.6 Å². The molecule has 0 unspecified atom stereocenters. The molecule has 0 aliphatic heterocycles. The number of amides is 1. The lowest BCUT2D eigenvalue weighted by atomic mass is 10.0. The molecule has 1 N–H and O–H groups in total. The molecule has 0 radical (unpaired) electrons. The molecule has 1 heterocycles. The van der Waals surface area contributed by atoms with E-state index in [1.165, 1.54) is 19.2 Å². The standard InChI is InChI=1S/C19H13F6N3O/c1-28-9-11(18(27-28)19(23,24)25)7-17(29)26-16-8-12(20)3-4-13(16)10-2-5-14(21)15(22)6-10/h2-6,8-9H,7H2,1H3,(H,26,29). The first kappa shape index (κ1) is 20.4. The summed E-state index contributed by atoms with van der Waals surface area (Å²) < 4.78 is 80.4. The molecule has 0 aliphatic rings. The van der Waals surface area contributed by atoms with E-state index in [2.05, 4.69) is 10.4 Å². The maximum atomic E-state index is 13.7. The predicted octanol–water partition coefficient (Wildman–Crippen LogP) is 4.70. The van der Waals surface area contributed by atoms with E-state index in [0.29, 0.717) is 0 Å². The van der Waals surface area contributed by atoms with Crippen LogP contribution in [0.1, 0.15) is 11.3 Å². The number of halogens is 6. The lowest BCUT2D eigenvalue weighted by molar-refractivity contribution is -0.142. The Morgan fingerprint density at radius 2 is 1.79 bits per heavy atom. The van der Waals surface area contributed by atoms with Gasteiger partial charge in [-0.05, 0) is 35.9 Å². The number of carbonyl (C=O) groups is 1. The fourth-order valence-corrected chi connectivity index (χ4v) is 2.81. The van der Waals surface area contributed by atoms with Crippen LogP contribution in [0.5, 0.6) is 0 Å². The molecule has 4 nitrogen and oxygen atoms in total. The van der Waals surface area contributed by atoms with Gasteiger partial charge < -0.3 is 5.32 Å². The highest BCUT2D eigenvalue weighted by Gasteiger charge is 2.37. The Hall–Kier alpha value is -3.30. The summed E-state index contributed by atoms with van der Waals surface area (Å²) in [6.45, 7) is 0. The molecule has 0 fully saturated rings. The van der Waals surface area contributed by atoms with Crippen LogP contribution in [-0.2, 0) is 24.4 Å². The highest BCUT2D eigenvalue weighted by molar-refractivity contribution is 5.96. The van der Waals surface area contributed by atoms with Crippen molar-refractivity contribution in [1.82, 2.24) is 9.78 Å². The van der Waals surface area contributed by atoms with Gasteiger partial charge in [0.05, 0.1) is 12.1 Å². The molecule has 29 heavy (non-hydrogen) atoms. The largest absolute Gasteiger partial charge is 0.435 e. The molecule has 0 saturated heterocycles. The third kappa shape index (κ3) is 4.58. The average Bonchev–Trinajstić information content (AvgIpc) is 2.98. The Balaban J connectivity index is 1.90. The Morgan fingerprint density at radius 3 is 2.45 bits per heavy atom. The molecular formula is C19H13F6N3O. The van der Waals surface area contributed by atoms with Gasteiger partial charge in [0, 0.05) is 24.4 Å². The van der Waals surface area contributed by atoms with Gasteiger partial charge in [-0.15, -0.1) is 0 Å². The maximum absolute atomic E-state index is 13.7. The summed E-state index contributed by atoms with van der Waals surface area (Å²) in [5, 5.41) is 5.63. The Labute approximate surface area is 160 Å². The molecule has 0 aliphatic carbocycles. The maximum Gasteiger partial charge on any atom is 0.435 e. The van der Waals surface area contributed by atoms with Crippen LogP contribution < -0.4 is 5.32 Å². The SMILES string of the molecule is Cn1cc(CC(=O)Nc2cc(F)ccc2-c2ccc(F)c(F)c2)c(C(F)(F)F)n1. The van der Waals surface area contributed by atoms with Gasteiger partial charge >= 0.3 is 6.18 Å². The smallest absolute Gasteiger partial charge is 0.325 e. The number of aryl methyl sites for hydroxylation is 1. The molecule has 10 heteroatoms. The summed E-state index contributed by atoms with van der Waals surface area (Å²) in [6.07, 6.45) is -4.35. The molecule has 0 spiro atoms. The van der Waals surface area contributed by atoms with Crippen molar-refractivity contribution in [3.8, 4) is 11.1 Å². The van der Waals surface area contributed by atoms with E-state index < -0.39 is 41.6 Å². The van der Waals surface area contributed by atoms with E-state index in [1.807, 2.05) is 0 Å². The lowest BCUT2D eigenvalue weighted by Crippen LogP contribution is -2.18. The molecule has 152 valence electrons. The van der Waals surface area contributed by atoms with Gasteiger partial charge in [0.15, 0.2) is 17.3 Å². The van der Waals surface area contributed by atoms with E-state index in [4.69, 9.17) is 0 Å². The van der Waals surface area contributed by atoms with Crippen molar-refractivity contribution >= 4 is 11.6 Å². The molecule has 0 bridgehead atoms. The number of carbonyl (C=O) groups excluding carboxylic acids is 1. The number of nitrogens with one attached hydrogen (secondary N) is 1. The van der Waals surface area contributed by atoms with Gasteiger partial charge in [0.25, 0.3) is 0 Å². The molecule has 1 aromatic heterocycles. The molecule has 0 atom stereocenters. The summed E-state index contributed by atoms with van der Waals surface area (Å²) >= 11 is 0. The van der Waals surface area contributed by atoms with Crippen molar-refractivity contribution < 1.29 is 31.1 Å². The minimum absolute atomic E-state index is 0.0987. The fourth-order valence-electron chi connectivity index (χ4n) is 2.81. The second-order valence-electron chi connectivity index (χ2n) is 6.22. The highest BCUT2D eigenvalue weighted by Crippen LogP contribution is 2.32. The van der Waals surface area contributed by atoms with Crippen LogP contribution in [0.2, 0.25) is 0 Å². The van der Waals surface area contributed by atoms with Crippen LogP contribution in [0.25, 0.3) is 11.1 Å². The van der Waals surface area contributed by atoms with Crippen molar-refractivity contribution in [3.05, 3.63) is 71.3 Å². The van der Waals surface area contributed by atoms with E-state index >= 15 is 0 Å². The predicted molar refractivity (Wildman–Crippen MR) is 92.3 cm³/mol. The van der Waals surface area contributed by atoms with E-state index in [-0.39, 0.29) is 22.4 Å². The molecule has 2 aromatic carbocycles. The first-order valence-corrected chi connectivity index (χ1v) is 8.19. The van der Waals surface area contributed by atoms with Gasteiger partial charge in [-0.1, -0.05) is 6.07 Å². The summed E-state index contributed by atoms with van der Waals surface area (Å²) in [7, 11) is 1.28. The number of alkyl halides is 3. The van der Waals surface area contributed by atoms with Gasteiger partial charge in [-0.25, -0.2) is 13.2 Å². The number of hydrogen-bond donors (Lipinski definition) is 1. The van der Waals surface area contributed by atoms with Gasteiger partial charge in [0.1, 0.15) is 5.82 Å². The van der Waals surface area contributed by atoms with Gasteiger partial charge in [-0.3, -0.25) is 9.48 Å². The quantitative estimate of drug-likeness (QED) is 0.630. The van der Waals surface area contributed by atoms with Crippen molar-refractivity contribution in [2.75, 3.05) is 5.32 Å². The van der Waals surface area contributed by atoms with Crippen molar-refractivity contribution in [2.24, 2.45) is 7.05 Å². The van der Waals surface area contributed by atoms with E-state index in [1.54, 1.807) is 0 Å². The molecular weight excluding hydrogens is 400 g/mol. The van der Waals surface area contributed by atoms with Crippen LogP contribution >= 0.6 is 0 Å². The average molecular weight is 413 g/mol. The molecule has 3 aromatic rings. The number of hydrogen-bond acceptors (Lipinski definition) is 2. The zero-order valence-electron chi connectivity index (χ0n) is 14.8. The second-order valence-corrected chi connectivity index (χ2v) is 6.22. The molecule has 3 rings (SSSR count). The lowest BCUT2D eigenvalue weighted by Gasteiger charge is -2.12.